The highest BCUT2D eigenvalue weighted by Crippen LogP contribution is 2.38. The SMILES string of the molecule is COC(=O)CC1c2ccccc2C(=O)N(C)N1c1cccc(NN)c1. The number of carbonyl (C=O) groups excluding carboxylic acids is 2. The van der Waals surface area contributed by atoms with Crippen LogP contribution >= 0.6 is 0 Å². The van der Waals surface area contributed by atoms with Crippen LogP contribution < -0.4 is 16.3 Å². The Labute approximate surface area is 145 Å². The third-order valence-electron chi connectivity index (χ3n) is 4.33. The number of nitrogens with two attached hydrogens (primary N) is 1. The summed E-state index contributed by atoms with van der Waals surface area (Å²) in [6.45, 7) is 0. The van der Waals surface area contributed by atoms with Crippen LogP contribution in [0.4, 0.5) is 11.4 Å². The van der Waals surface area contributed by atoms with Gasteiger partial charge in [-0.25, -0.2) is 0 Å². The van der Waals surface area contributed by atoms with Gasteiger partial charge in [0.05, 0.1) is 30.9 Å². The Morgan fingerprint density at radius 1 is 1.24 bits per heavy atom. The smallest absolute Gasteiger partial charge is 0.308 e. The summed E-state index contributed by atoms with van der Waals surface area (Å²) in [5, 5.41) is 3.31. The second-order valence-electron chi connectivity index (χ2n) is 5.75. The van der Waals surface area contributed by atoms with E-state index < -0.39 is 0 Å². The molecule has 0 fully saturated rings. The lowest BCUT2D eigenvalue weighted by Crippen LogP contribution is -2.51. The molecule has 0 saturated carbocycles. The first-order valence-electron chi connectivity index (χ1n) is 7.86. The first kappa shape index (κ1) is 16.8. The van der Waals surface area contributed by atoms with E-state index in [1.54, 1.807) is 18.1 Å². The van der Waals surface area contributed by atoms with Crippen LogP contribution in [-0.4, -0.2) is 31.0 Å². The van der Waals surface area contributed by atoms with Crippen LogP contribution in [0.5, 0.6) is 0 Å². The number of nitrogens with one attached hydrogen (secondary N) is 1. The molecule has 0 saturated heterocycles. The maximum atomic E-state index is 12.8. The van der Waals surface area contributed by atoms with Gasteiger partial charge in [0.25, 0.3) is 5.91 Å². The molecule has 2 aromatic carbocycles. The Bertz CT molecular complexity index is 808. The van der Waals surface area contributed by atoms with Crippen molar-refractivity contribution >= 4 is 23.3 Å². The largest absolute Gasteiger partial charge is 0.469 e. The molecule has 2 aromatic rings. The molecule has 1 unspecified atom stereocenters. The second kappa shape index (κ2) is 6.82. The maximum Gasteiger partial charge on any atom is 0.308 e. The average Bonchev–Trinajstić information content (AvgIpc) is 2.66. The van der Waals surface area contributed by atoms with E-state index in [1.165, 1.54) is 12.1 Å². The van der Waals surface area contributed by atoms with E-state index in [9.17, 15) is 9.59 Å². The number of methoxy groups -OCH3 is 1. The van der Waals surface area contributed by atoms with Crippen molar-refractivity contribution in [1.82, 2.24) is 5.01 Å². The first-order valence-corrected chi connectivity index (χ1v) is 7.86. The zero-order valence-corrected chi connectivity index (χ0v) is 14.1. The zero-order valence-electron chi connectivity index (χ0n) is 14.1. The van der Waals surface area contributed by atoms with E-state index >= 15 is 0 Å². The number of esters is 1. The van der Waals surface area contributed by atoms with Crippen molar-refractivity contribution in [2.24, 2.45) is 5.84 Å². The monoisotopic (exact) mass is 340 g/mol. The molecular formula is C18H20N4O3. The molecule has 130 valence electrons. The van der Waals surface area contributed by atoms with Gasteiger partial charge >= 0.3 is 5.97 Å². The van der Waals surface area contributed by atoms with Crippen LogP contribution in [0.2, 0.25) is 0 Å². The minimum atomic E-state index is -0.362. The molecule has 7 heteroatoms. The second-order valence-corrected chi connectivity index (χ2v) is 5.75. The van der Waals surface area contributed by atoms with Crippen molar-refractivity contribution < 1.29 is 14.3 Å². The molecule has 3 rings (SSSR count). The fourth-order valence-corrected chi connectivity index (χ4v) is 3.12. The zero-order chi connectivity index (χ0) is 18.0. The molecular weight excluding hydrogens is 320 g/mol. The van der Waals surface area contributed by atoms with Gasteiger partial charge in [0.2, 0.25) is 0 Å². The number of anilines is 2. The molecule has 3 N–H and O–H groups in total. The van der Waals surface area contributed by atoms with E-state index in [1.807, 2.05) is 42.5 Å². The van der Waals surface area contributed by atoms with Crippen LogP contribution in [0.15, 0.2) is 48.5 Å². The topological polar surface area (TPSA) is 87.9 Å². The quantitative estimate of drug-likeness (QED) is 0.503. The summed E-state index contributed by atoms with van der Waals surface area (Å²) in [6, 6.07) is 14.3. The third-order valence-corrected chi connectivity index (χ3v) is 4.33. The molecule has 0 radical (unpaired) electrons. The minimum Gasteiger partial charge on any atom is -0.469 e. The molecule has 25 heavy (non-hydrogen) atoms. The van der Waals surface area contributed by atoms with Crippen LogP contribution in [-0.2, 0) is 9.53 Å². The Balaban J connectivity index is 2.13. The number of hydrazine groups is 2. The normalized spacial score (nSPS) is 16.4. The van der Waals surface area contributed by atoms with Crippen LogP contribution in [0.1, 0.15) is 28.4 Å². The van der Waals surface area contributed by atoms with E-state index in [2.05, 4.69) is 5.43 Å². The first-order chi connectivity index (χ1) is 12.1. The predicted molar refractivity (Wildman–Crippen MR) is 94.6 cm³/mol. The maximum absolute atomic E-state index is 12.8. The van der Waals surface area contributed by atoms with Crippen molar-refractivity contribution in [3.05, 3.63) is 59.7 Å². The molecule has 0 aliphatic carbocycles. The number of ether oxygens (including phenoxy) is 1. The Morgan fingerprint density at radius 2 is 2.00 bits per heavy atom. The fourth-order valence-electron chi connectivity index (χ4n) is 3.12. The lowest BCUT2D eigenvalue weighted by atomic mass is 9.94. The minimum absolute atomic E-state index is 0.116. The number of rotatable bonds is 4. The van der Waals surface area contributed by atoms with Gasteiger partial charge in [0.1, 0.15) is 0 Å². The van der Waals surface area contributed by atoms with E-state index in [0.29, 0.717) is 11.3 Å². The highest BCUT2D eigenvalue weighted by molar-refractivity contribution is 5.98. The van der Waals surface area contributed by atoms with Crippen molar-refractivity contribution in [2.75, 3.05) is 24.6 Å². The van der Waals surface area contributed by atoms with Gasteiger partial charge in [-0.05, 0) is 29.8 Å². The van der Waals surface area contributed by atoms with Crippen LogP contribution in [0.3, 0.4) is 0 Å². The van der Waals surface area contributed by atoms with Gasteiger partial charge in [-0.1, -0.05) is 24.3 Å². The molecule has 0 spiro atoms. The lowest BCUT2D eigenvalue weighted by molar-refractivity contribution is -0.141. The van der Waals surface area contributed by atoms with Crippen molar-refractivity contribution in [2.45, 2.75) is 12.5 Å². The summed E-state index contributed by atoms with van der Waals surface area (Å²) in [5.41, 5.74) is 5.42. The highest BCUT2D eigenvalue weighted by atomic mass is 16.5. The number of benzene rings is 2. The van der Waals surface area contributed by atoms with Gasteiger partial charge in [0, 0.05) is 12.6 Å². The molecule has 1 aliphatic heterocycles. The third kappa shape index (κ3) is 3.01. The molecule has 1 aliphatic rings. The molecule has 1 amide bonds. The summed E-state index contributed by atoms with van der Waals surface area (Å²) < 4.78 is 4.86. The number of hydrogen-bond donors (Lipinski definition) is 2. The summed E-state index contributed by atoms with van der Waals surface area (Å²) in [4.78, 5) is 24.8. The number of nitrogens with zero attached hydrogens (tertiary/aromatic N) is 2. The molecule has 0 bridgehead atoms. The Kier molecular flexibility index (Phi) is 4.58. The molecule has 1 atom stereocenters. The van der Waals surface area contributed by atoms with E-state index in [0.717, 1.165) is 11.3 Å². The van der Waals surface area contributed by atoms with Gasteiger partial charge < -0.3 is 10.2 Å². The number of amides is 1. The van der Waals surface area contributed by atoms with Gasteiger partial charge in [-0.15, -0.1) is 0 Å². The number of carbonyl (C=O) groups is 2. The Morgan fingerprint density at radius 3 is 2.72 bits per heavy atom. The van der Waals surface area contributed by atoms with Crippen molar-refractivity contribution in [1.29, 1.82) is 0 Å². The number of nitrogen functional groups attached to an aromatic ring is 1. The fraction of sp³-hybridized carbons (Fsp3) is 0.222. The molecule has 0 aromatic heterocycles. The average molecular weight is 340 g/mol. The van der Waals surface area contributed by atoms with Crippen molar-refractivity contribution in [3.63, 3.8) is 0 Å². The predicted octanol–water partition coefficient (Wildman–Crippen LogP) is 2.08. The van der Waals surface area contributed by atoms with Gasteiger partial charge in [0.15, 0.2) is 0 Å². The number of fused-ring (bicyclic) bond motifs is 1. The van der Waals surface area contributed by atoms with E-state index in [4.69, 9.17) is 10.6 Å². The summed E-state index contributed by atoms with van der Waals surface area (Å²) in [5.74, 6) is 5.02. The Hall–Kier alpha value is -3.06. The van der Waals surface area contributed by atoms with Crippen LogP contribution in [0.25, 0.3) is 0 Å². The molecule has 1 heterocycles. The summed E-state index contributed by atoms with van der Waals surface area (Å²) in [7, 11) is 3.04. The lowest BCUT2D eigenvalue weighted by Gasteiger charge is -2.44. The number of hydrogen-bond acceptors (Lipinski definition) is 6. The summed E-state index contributed by atoms with van der Waals surface area (Å²) in [6.07, 6.45) is 0.116. The van der Waals surface area contributed by atoms with Crippen LogP contribution in [0, 0.1) is 0 Å². The summed E-state index contributed by atoms with van der Waals surface area (Å²) >= 11 is 0. The molecule has 7 nitrogen and oxygen atoms in total. The van der Waals surface area contributed by atoms with Gasteiger partial charge in [-0.2, -0.15) is 0 Å². The van der Waals surface area contributed by atoms with Crippen molar-refractivity contribution in [3.8, 4) is 0 Å². The van der Waals surface area contributed by atoms with Gasteiger partial charge in [-0.3, -0.25) is 25.4 Å². The standard InChI is InChI=1S/C18H20N4O3/c1-21-18(24)15-9-4-3-8-14(15)16(11-17(23)25-2)22(21)13-7-5-6-12(10-13)20-19/h3-10,16,20H,11,19H2,1-2H3. The van der Waals surface area contributed by atoms with E-state index in [-0.39, 0.29) is 24.3 Å². The highest BCUT2D eigenvalue weighted by Gasteiger charge is 2.37.